The first kappa shape index (κ1) is 15.6. The molecule has 3 aromatic rings. The van der Waals surface area contributed by atoms with E-state index in [1.165, 1.54) is 10.9 Å². The molecular formula is C20H20ClN3. The van der Waals surface area contributed by atoms with E-state index >= 15 is 0 Å². The van der Waals surface area contributed by atoms with Crippen molar-refractivity contribution in [1.82, 2.24) is 15.2 Å². The zero-order valence-corrected chi connectivity index (χ0v) is 14.2. The van der Waals surface area contributed by atoms with Gasteiger partial charge < -0.3 is 5.32 Å². The Morgan fingerprint density at radius 1 is 1.00 bits per heavy atom. The Morgan fingerprint density at radius 3 is 2.58 bits per heavy atom. The molecule has 1 atom stereocenters. The topological polar surface area (TPSA) is 28.2 Å². The number of piperazine rings is 1. The number of benzene rings is 2. The van der Waals surface area contributed by atoms with Crippen LogP contribution in [0, 0.1) is 0 Å². The van der Waals surface area contributed by atoms with Gasteiger partial charge in [0.15, 0.2) is 0 Å². The minimum Gasteiger partial charge on any atom is -0.314 e. The van der Waals surface area contributed by atoms with Crippen LogP contribution >= 0.6 is 11.6 Å². The third-order valence-corrected chi connectivity index (χ3v) is 4.99. The van der Waals surface area contributed by atoms with Crippen LogP contribution in [0.4, 0.5) is 0 Å². The van der Waals surface area contributed by atoms with Crippen LogP contribution in [0.15, 0.2) is 60.8 Å². The van der Waals surface area contributed by atoms with Gasteiger partial charge in [-0.3, -0.25) is 9.88 Å². The Bertz CT molecular complexity index is 843. The monoisotopic (exact) mass is 337 g/mol. The van der Waals surface area contributed by atoms with E-state index in [1.807, 2.05) is 24.4 Å². The molecule has 24 heavy (non-hydrogen) atoms. The lowest BCUT2D eigenvalue weighted by Gasteiger charge is -2.35. The van der Waals surface area contributed by atoms with E-state index < -0.39 is 0 Å². The van der Waals surface area contributed by atoms with Crippen LogP contribution in [0.3, 0.4) is 0 Å². The van der Waals surface area contributed by atoms with E-state index in [0.717, 1.165) is 42.3 Å². The summed E-state index contributed by atoms with van der Waals surface area (Å²) in [6.07, 6.45) is 2.00. The Kier molecular flexibility index (Phi) is 4.48. The standard InChI is InChI=1S/C20H20ClN3/c21-18-7-3-2-6-17(18)20(24-11-9-22-10-12-24)16-13-15-5-1-4-8-19(15)23-14-16/h1-8,13-14,20,22H,9-12H2. The lowest BCUT2D eigenvalue weighted by atomic mass is 9.96. The summed E-state index contributed by atoms with van der Waals surface area (Å²) in [5.41, 5.74) is 3.38. The highest BCUT2D eigenvalue weighted by molar-refractivity contribution is 6.31. The summed E-state index contributed by atoms with van der Waals surface area (Å²) < 4.78 is 0. The fraction of sp³-hybridized carbons (Fsp3) is 0.250. The Balaban J connectivity index is 1.82. The highest BCUT2D eigenvalue weighted by Crippen LogP contribution is 2.34. The molecule has 3 nitrogen and oxygen atoms in total. The van der Waals surface area contributed by atoms with Crippen LogP contribution in [0.2, 0.25) is 5.02 Å². The molecule has 0 aliphatic carbocycles. The Labute approximate surface area is 147 Å². The SMILES string of the molecule is Clc1ccccc1C(c1cnc2ccccc2c1)N1CCNCC1. The number of halogens is 1. The van der Waals surface area contributed by atoms with Crippen molar-refractivity contribution >= 4 is 22.5 Å². The van der Waals surface area contributed by atoms with Crippen LogP contribution < -0.4 is 5.32 Å². The smallest absolute Gasteiger partial charge is 0.0702 e. The minimum absolute atomic E-state index is 0.137. The van der Waals surface area contributed by atoms with Crippen molar-refractivity contribution in [3.63, 3.8) is 0 Å². The van der Waals surface area contributed by atoms with Crippen molar-refractivity contribution in [3.8, 4) is 0 Å². The first-order chi connectivity index (χ1) is 11.8. The van der Waals surface area contributed by atoms with Crippen LogP contribution in [0.1, 0.15) is 17.2 Å². The summed E-state index contributed by atoms with van der Waals surface area (Å²) in [4.78, 5) is 7.16. The maximum atomic E-state index is 6.54. The fourth-order valence-electron chi connectivity index (χ4n) is 3.46. The fourth-order valence-corrected chi connectivity index (χ4v) is 3.70. The molecule has 0 saturated carbocycles. The molecule has 122 valence electrons. The minimum atomic E-state index is 0.137. The first-order valence-corrected chi connectivity index (χ1v) is 8.74. The van der Waals surface area contributed by atoms with Crippen LogP contribution in [0.5, 0.6) is 0 Å². The number of fused-ring (bicyclic) bond motifs is 1. The third kappa shape index (κ3) is 3.03. The van der Waals surface area contributed by atoms with Crippen molar-refractivity contribution in [2.75, 3.05) is 26.2 Å². The molecule has 0 bridgehead atoms. The maximum Gasteiger partial charge on any atom is 0.0702 e. The van der Waals surface area contributed by atoms with Gasteiger partial charge in [-0.15, -0.1) is 0 Å². The molecule has 1 fully saturated rings. The zero-order valence-electron chi connectivity index (χ0n) is 13.5. The van der Waals surface area contributed by atoms with Gasteiger partial charge in [0.1, 0.15) is 0 Å². The Hall–Kier alpha value is -1.94. The number of aromatic nitrogens is 1. The van der Waals surface area contributed by atoms with Crippen LogP contribution in [-0.2, 0) is 0 Å². The van der Waals surface area contributed by atoms with E-state index in [4.69, 9.17) is 11.6 Å². The number of para-hydroxylation sites is 1. The van der Waals surface area contributed by atoms with E-state index in [2.05, 4.69) is 51.6 Å². The number of nitrogens with zero attached hydrogens (tertiary/aromatic N) is 2. The molecule has 1 N–H and O–H groups in total. The molecule has 1 saturated heterocycles. The van der Waals surface area contributed by atoms with Crippen molar-refractivity contribution in [2.45, 2.75) is 6.04 Å². The summed E-state index contributed by atoms with van der Waals surface area (Å²) in [6.45, 7) is 4.01. The summed E-state index contributed by atoms with van der Waals surface area (Å²) in [5, 5.41) is 5.41. The second-order valence-corrected chi connectivity index (χ2v) is 6.58. The average Bonchev–Trinajstić information content (AvgIpc) is 2.64. The average molecular weight is 338 g/mol. The van der Waals surface area contributed by atoms with Gasteiger partial charge in [0, 0.05) is 42.8 Å². The summed E-state index contributed by atoms with van der Waals surface area (Å²) in [7, 11) is 0. The molecule has 1 aromatic heterocycles. The summed E-state index contributed by atoms with van der Waals surface area (Å²) >= 11 is 6.54. The summed E-state index contributed by atoms with van der Waals surface area (Å²) in [5.74, 6) is 0. The quantitative estimate of drug-likeness (QED) is 0.786. The van der Waals surface area contributed by atoms with Gasteiger partial charge in [-0.25, -0.2) is 0 Å². The molecule has 4 heteroatoms. The van der Waals surface area contributed by atoms with Crippen molar-refractivity contribution in [1.29, 1.82) is 0 Å². The first-order valence-electron chi connectivity index (χ1n) is 8.37. The van der Waals surface area contributed by atoms with Gasteiger partial charge in [-0.1, -0.05) is 48.0 Å². The molecule has 2 aromatic carbocycles. The molecule has 0 spiro atoms. The predicted octanol–water partition coefficient (Wildman–Crippen LogP) is 3.88. The highest BCUT2D eigenvalue weighted by atomic mass is 35.5. The van der Waals surface area contributed by atoms with E-state index in [1.54, 1.807) is 0 Å². The number of hydrogen-bond donors (Lipinski definition) is 1. The molecule has 1 aliphatic rings. The van der Waals surface area contributed by atoms with E-state index in [-0.39, 0.29) is 6.04 Å². The van der Waals surface area contributed by atoms with Gasteiger partial charge in [0.05, 0.1) is 11.6 Å². The highest BCUT2D eigenvalue weighted by Gasteiger charge is 2.26. The normalized spacial score (nSPS) is 17.0. The van der Waals surface area contributed by atoms with E-state index in [0.29, 0.717) is 0 Å². The van der Waals surface area contributed by atoms with Gasteiger partial charge in [0.2, 0.25) is 0 Å². The molecule has 4 rings (SSSR count). The number of pyridine rings is 1. The van der Waals surface area contributed by atoms with Crippen LogP contribution in [0.25, 0.3) is 10.9 Å². The Morgan fingerprint density at radius 2 is 1.75 bits per heavy atom. The second kappa shape index (κ2) is 6.89. The molecule has 1 unspecified atom stereocenters. The predicted molar refractivity (Wildman–Crippen MR) is 99.5 cm³/mol. The molecular weight excluding hydrogens is 318 g/mol. The van der Waals surface area contributed by atoms with Gasteiger partial charge in [0.25, 0.3) is 0 Å². The third-order valence-electron chi connectivity index (χ3n) is 4.64. The van der Waals surface area contributed by atoms with Crippen molar-refractivity contribution in [2.24, 2.45) is 0 Å². The van der Waals surface area contributed by atoms with Gasteiger partial charge in [-0.05, 0) is 29.3 Å². The van der Waals surface area contributed by atoms with Crippen molar-refractivity contribution < 1.29 is 0 Å². The lowest BCUT2D eigenvalue weighted by Crippen LogP contribution is -2.45. The van der Waals surface area contributed by atoms with Crippen molar-refractivity contribution in [3.05, 3.63) is 76.9 Å². The summed E-state index contributed by atoms with van der Waals surface area (Å²) in [6, 6.07) is 18.8. The largest absolute Gasteiger partial charge is 0.314 e. The number of hydrogen-bond acceptors (Lipinski definition) is 3. The van der Waals surface area contributed by atoms with Gasteiger partial charge >= 0.3 is 0 Å². The molecule has 0 amide bonds. The molecule has 0 radical (unpaired) electrons. The van der Waals surface area contributed by atoms with Crippen LogP contribution in [-0.4, -0.2) is 36.1 Å². The second-order valence-electron chi connectivity index (χ2n) is 6.17. The molecule has 1 aliphatic heterocycles. The number of rotatable bonds is 3. The maximum absolute atomic E-state index is 6.54. The number of nitrogens with one attached hydrogen (secondary N) is 1. The van der Waals surface area contributed by atoms with Gasteiger partial charge in [-0.2, -0.15) is 0 Å². The lowest BCUT2D eigenvalue weighted by molar-refractivity contribution is 0.198. The molecule has 2 heterocycles. The van der Waals surface area contributed by atoms with E-state index in [9.17, 15) is 0 Å². The zero-order chi connectivity index (χ0) is 16.4.